The van der Waals surface area contributed by atoms with Gasteiger partial charge in [0.15, 0.2) is 11.5 Å². The van der Waals surface area contributed by atoms with E-state index >= 15 is 0 Å². The lowest BCUT2D eigenvalue weighted by Crippen LogP contribution is -2.24. The van der Waals surface area contributed by atoms with Crippen LogP contribution >= 0.6 is 0 Å². The molecule has 0 aliphatic carbocycles. The molecular weight excluding hydrogens is 356 g/mol. The summed E-state index contributed by atoms with van der Waals surface area (Å²) in [5.74, 6) is 1.26. The Morgan fingerprint density at radius 2 is 1.86 bits per heavy atom. The number of hydrogen-bond donors (Lipinski definition) is 2. The third-order valence-electron chi connectivity index (χ3n) is 4.06. The van der Waals surface area contributed by atoms with Gasteiger partial charge in [0.2, 0.25) is 5.95 Å². The zero-order valence-electron chi connectivity index (χ0n) is 16.0. The maximum Gasteiger partial charge on any atom is 0.270 e. The number of aromatic nitrogens is 2. The van der Waals surface area contributed by atoms with E-state index in [1.54, 1.807) is 32.4 Å². The van der Waals surface area contributed by atoms with Gasteiger partial charge in [0.05, 0.1) is 14.2 Å². The van der Waals surface area contributed by atoms with Crippen molar-refractivity contribution in [2.24, 2.45) is 0 Å². The van der Waals surface area contributed by atoms with Crippen LogP contribution in [0.15, 0.2) is 54.7 Å². The molecule has 0 aliphatic rings. The Labute approximate surface area is 163 Å². The first-order chi connectivity index (χ1) is 13.6. The topological polar surface area (TPSA) is 85.4 Å². The van der Waals surface area contributed by atoms with Crippen molar-refractivity contribution in [1.29, 1.82) is 0 Å². The lowest BCUT2D eigenvalue weighted by Gasteiger charge is -2.11. The standard InChI is InChI=1S/C21H22N4O3/c1-14-5-4-6-15(11-14)13-23-20(26)17-9-10-22-21(25-17)24-16-7-8-18(27-2)19(12-16)28-3/h4-12H,13H2,1-3H3,(H,23,26)(H,22,24,25). The van der Waals surface area contributed by atoms with Crippen LogP contribution in [0.3, 0.4) is 0 Å². The molecule has 0 saturated heterocycles. The summed E-state index contributed by atoms with van der Waals surface area (Å²) in [6.45, 7) is 2.45. The van der Waals surface area contributed by atoms with Gasteiger partial charge in [0.25, 0.3) is 5.91 Å². The molecule has 144 valence electrons. The number of aryl methyl sites for hydroxylation is 1. The van der Waals surface area contributed by atoms with E-state index in [1.165, 1.54) is 6.20 Å². The lowest BCUT2D eigenvalue weighted by atomic mass is 10.1. The van der Waals surface area contributed by atoms with Gasteiger partial charge in [0.1, 0.15) is 5.69 Å². The summed E-state index contributed by atoms with van der Waals surface area (Å²) in [5.41, 5.74) is 3.18. The smallest absolute Gasteiger partial charge is 0.270 e. The van der Waals surface area contributed by atoms with Gasteiger partial charge in [-0.3, -0.25) is 4.79 Å². The van der Waals surface area contributed by atoms with Crippen LogP contribution in [0.1, 0.15) is 21.6 Å². The van der Waals surface area contributed by atoms with Gasteiger partial charge in [-0.15, -0.1) is 0 Å². The number of benzene rings is 2. The van der Waals surface area contributed by atoms with Crippen molar-refractivity contribution in [2.45, 2.75) is 13.5 Å². The number of nitrogens with zero attached hydrogens (tertiary/aromatic N) is 2. The molecule has 0 atom stereocenters. The van der Waals surface area contributed by atoms with E-state index in [-0.39, 0.29) is 11.6 Å². The second-order valence-electron chi connectivity index (χ2n) is 6.13. The maximum absolute atomic E-state index is 12.4. The summed E-state index contributed by atoms with van der Waals surface area (Å²) in [5, 5.41) is 5.94. The van der Waals surface area contributed by atoms with E-state index in [0.29, 0.717) is 24.0 Å². The van der Waals surface area contributed by atoms with Gasteiger partial charge in [-0.2, -0.15) is 0 Å². The first-order valence-electron chi connectivity index (χ1n) is 8.75. The molecule has 0 radical (unpaired) electrons. The molecular formula is C21H22N4O3. The third kappa shape index (κ3) is 4.76. The minimum absolute atomic E-state index is 0.265. The van der Waals surface area contributed by atoms with Crippen LogP contribution in [-0.2, 0) is 6.54 Å². The molecule has 2 N–H and O–H groups in total. The number of carbonyl (C=O) groups excluding carboxylic acids is 1. The number of rotatable bonds is 7. The van der Waals surface area contributed by atoms with Gasteiger partial charge in [-0.25, -0.2) is 9.97 Å². The van der Waals surface area contributed by atoms with Gasteiger partial charge < -0.3 is 20.1 Å². The highest BCUT2D eigenvalue weighted by molar-refractivity contribution is 5.92. The molecule has 0 saturated carbocycles. The second-order valence-corrected chi connectivity index (χ2v) is 6.13. The summed E-state index contributed by atoms with van der Waals surface area (Å²) in [6, 6.07) is 14.9. The van der Waals surface area contributed by atoms with Crippen molar-refractivity contribution in [3.63, 3.8) is 0 Å². The minimum atomic E-state index is -0.265. The molecule has 3 rings (SSSR count). The van der Waals surface area contributed by atoms with Crippen LogP contribution in [-0.4, -0.2) is 30.1 Å². The third-order valence-corrected chi connectivity index (χ3v) is 4.06. The van der Waals surface area contributed by atoms with Gasteiger partial charge in [-0.05, 0) is 30.7 Å². The number of carbonyl (C=O) groups is 1. The molecule has 7 heteroatoms. The molecule has 1 amide bonds. The molecule has 2 aromatic carbocycles. The van der Waals surface area contributed by atoms with Crippen molar-refractivity contribution >= 4 is 17.5 Å². The minimum Gasteiger partial charge on any atom is -0.493 e. The van der Waals surface area contributed by atoms with E-state index in [2.05, 4.69) is 20.6 Å². The predicted octanol–water partition coefficient (Wildman–Crippen LogP) is 3.48. The number of amides is 1. The van der Waals surface area contributed by atoms with Gasteiger partial charge >= 0.3 is 0 Å². The Morgan fingerprint density at radius 3 is 2.61 bits per heavy atom. The summed E-state index contributed by atoms with van der Waals surface area (Å²) >= 11 is 0. The molecule has 7 nitrogen and oxygen atoms in total. The highest BCUT2D eigenvalue weighted by Crippen LogP contribution is 2.30. The largest absolute Gasteiger partial charge is 0.493 e. The molecule has 3 aromatic rings. The fourth-order valence-corrected chi connectivity index (χ4v) is 2.68. The maximum atomic E-state index is 12.4. The van der Waals surface area contributed by atoms with Gasteiger partial charge in [0, 0.05) is 24.5 Å². The molecule has 0 spiro atoms. The number of nitrogens with one attached hydrogen (secondary N) is 2. The molecule has 1 aromatic heterocycles. The summed E-state index contributed by atoms with van der Waals surface area (Å²) in [4.78, 5) is 20.9. The number of ether oxygens (including phenoxy) is 2. The van der Waals surface area contributed by atoms with Crippen LogP contribution in [0.4, 0.5) is 11.6 Å². The van der Waals surface area contributed by atoms with E-state index in [9.17, 15) is 4.79 Å². The molecule has 0 fully saturated rings. The average molecular weight is 378 g/mol. The average Bonchev–Trinajstić information content (AvgIpc) is 2.72. The van der Waals surface area contributed by atoms with Crippen LogP contribution in [0, 0.1) is 6.92 Å². The Bertz CT molecular complexity index is 975. The van der Waals surface area contributed by atoms with E-state index < -0.39 is 0 Å². The van der Waals surface area contributed by atoms with Crippen LogP contribution < -0.4 is 20.1 Å². The molecule has 28 heavy (non-hydrogen) atoms. The van der Waals surface area contributed by atoms with Crippen LogP contribution in [0.25, 0.3) is 0 Å². The summed E-state index contributed by atoms with van der Waals surface area (Å²) < 4.78 is 10.5. The lowest BCUT2D eigenvalue weighted by molar-refractivity contribution is 0.0946. The van der Waals surface area contributed by atoms with Crippen molar-refractivity contribution in [3.8, 4) is 11.5 Å². The fraction of sp³-hybridized carbons (Fsp3) is 0.190. The van der Waals surface area contributed by atoms with E-state index in [0.717, 1.165) is 16.8 Å². The Balaban J connectivity index is 1.69. The Morgan fingerprint density at radius 1 is 1.04 bits per heavy atom. The van der Waals surface area contributed by atoms with E-state index in [1.807, 2.05) is 37.3 Å². The SMILES string of the molecule is COc1ccc(Nc2nccc(C(=O)NCc3cccc(C)c3)n2)cc1OC. The molecule has 0 aliphatic heterocycles. The second kappa shape index (κ2) is 8.85. The van der Waals surface area contributed by atoms with Crippen molar-refractivity contribution in [2.75, 3.05) is 19.5 Å². The zero-order valence-corrected chi connectivity index (χ0v) is 16.0. The summed E-state index contributed by atoms with van der Waals surface area (Å²) in [7, 11) is 3.14. The van der Waals surface area contributed by atoms with Crippen LogP contribution in [0.2, 0.25) is 0 Å². The Kier molecular flexibility index (Phi) is 6.06. The monoisotopic (exact) mass is 378 g/mol. The first kappa shape index (κ1) is 19.2. The molecule has 0 bridgehead atoms. The number of hydrogen-bond acceptors (Lipinski definition) is 6. The molecule has 1 heterocycles. The zero-order chi connectivity index (χ0) is 19.9. The van der Waals surface area contributed by atoms with Gasteiger partial charge in [-0.1, -0.05) is 29.8 Å². The number of methoxy groups -OCH3 is 2. The highest BCUT2D eigenvalue weighted by atomic mass is 16.5. The van der Waals surface area contributed by atoms with E-state index in [4.69, 9.17) is 9.47 Å². The molecule has 0 unspecified atom stereocenters. The Hall–Kier alpha value is -3.61. The van der Waals surface area contributed by atoms with Crippen LogP contribution in [0.5, 0.6) is 11.5 Å². The number of anilines is 2. The summed E-state index contributed by atoms with van der Waals surface area (Å²) in [6.07, 6.45) is 1.54. The predicted molar refractivity (Wildman–Crippen MR) is 107 cm³/mol. The quantitative estimate of drug-likeness (QED) is 0.655. The first-order valence-corrected chi connectivity index (χ1v) is 8.75. The highest BCUT2D eigenvalue weighted by Gasteiger charge is 2.10. The van der Waals surface area contributed by atoms with Crippen molar-refractivity contribution in [3.05, 3.63) is 71.5 Å². The fourth-order valence-electron chi connectivity index (χ4n) is 2.68. The van der Waals surface area contributed by atoms with Crippen molar-refractivity contribution in [1.82, 2.24) is 15.3 Å². The van der Waals surface area contributed by atoms with Crippen molar-refractivity contribution < 1.29 is 14.3 Å². The normalized spacial score (nSPS) is 10.2.